The van der Waals surface area contributed by atoms with Crippen molar-refractivity contribution in [3.05, 3.63) is 37.9 Å². The van der Waals surface area contributed by atoms with Gasteiger partial charge in [0.1, 0.15) is 0 Å². The lowest BCUT2D eigenvalue weighted by atomic mass is 10.1. The summed E-state index contributed by atoms with van der Waals surface area (Å²) >= 11 is 0. The summed E-state index contributed by atoms with van der Waals surface area (Å²) in [6.07, 6.45) is 0. The van der Waals surface area contributed by atoms with Crippen molar-refractivity contribution in [1.82, 2.24) is 0 Å². The fraction of sp³-hybridized carbons (Fsp3) is 0.364. The second-order valence-electron chi connectivity index (χ2n) is 4.26. The Morgan fingerprint density at radius 3 is 1.95 bits per heavy atom. The van der Waals surface area contributed by atoms with Gasteiger partial charge in [0.2, 0.25) is 0 Å². The van der Waals surface area contributed by atoms with Crippen molar-refractivity contribution in [2.75, 3.05) is 31.2 Å². The first kappa shape index (κ1) is 14.7. The van der Waals surface area contributed by atoms with Crippen molar-refractivity contribution < 1.29 is 24.5 Å². The van der Waals surface area contributed by atoms with Crippen LogP contribution in [0.4, 0.5) is 17.1 Å². The van der Waals surface area contributed by atoms with E-state index in [1.165, 1.54) is 4.90 Å². The minimum Gasteiger partial charge on any atom is -0.545 e. The zero-order chi connectivity index (χ0) is 15.6. The Bertz CT molecular complexity index is 575. The van der Waals surface area contributed by atoms with E-state index in [1.54, 1.807) is 0 Å². The molecule has 1 heterocycles. The number of nitro groups is 2. The third-order valence-electron chi connectivity index (χ3n) is 3.03. The Balaban J connectivity index is 2.66. The highest BCUT2D eigenvalue weighted by atomic mass is 16.6. The van der Waals surface area contributed by atoms with Crippen molar-refractivity contribution in [3.8, 4) is 0 Å². The molecular weight excluding hydrogens is 286 g/mol. The molecule has 1 saturated heterocycles. The predicted molar refractivity (Wildman–Crippen MR) is 67.1 cm³/mol. The number of benzene rings is 1. The number of carbonyl (C=O) groups is 1. The molecule has 0 atom stereocenters. The molecule has 0 bridgehead atoms. The number of rotatable bonds is 4. The second kappa shape index (κ2) is 5.71. The Morgan fingerprint density at radius 1 is 1.10 bits per heavy atom. The molecule has 0 radical (unpaired) electrons. The number of carboxylic acid groups (broad SMARTS) is 1. The Labute approximate surface area is 117 Å². The van der Waals surface area contributed by atoms with Gasteiger partial charge in [-0.2, -0.15) is 0 Å². The molecule has 1 aromatic rings. The van der Waals surface area contributed by atoms with Gasteiger partial charge in [-0.1, -0.05) is 0 Å². The number of hydrogen-bond acceptors (Lipinski definition) is 8. The summed E-state index contributed by atoms with van der Waals surface area (Å²) in [4.78, 5) is 32.9. The van der Waals surface area contributed by atoms with E-state index in [9.17, 15) is 30.1 Å². The Morgan fingerprint density at radius 2 is 1.57 bits per heavy atom. The first-order valence-corrected chi connectivity index (χ1v) is 5.92. The van der Waals surface area contributed by atoms with E-state index in [0.717, 1.165) is 12.1 Å². The number of carboxylic acids is 1. The highest BCUT2D eigenvalue weighted by Gasteiger charge is 2.32. The Kier molecular flexibility index (Phi) is 3.98. The quantitative estimate of drug-likeness (QED) is 0.545. The van der Waals surface area contributed by atoms with E-state index in [0.29, 0.717) is 0 Å². The molecule has 0 unspecified atom stereocenters. The lowest BCUT2D eigenvalue weighted by Gasteiger charge is -2.28. The molecule has 0 spiro atoms. The molecule has 10 heteroatoms. The minimum absolute atomic E-state index is 0.210. The third kappa shape index (κ3) is 2.89. The summed E-state index contributed by atoms with van der Waals surface area (Å²) in [6.45, 7) is 1.03. The maximum absolute atomic E-state index is 11.1. The molecule has 1 fully saturated rings. The van der Waals surface area contributed by atoms with Crippen molar-refractivity contribution in [2.45, 2.75) is 0 Å². The average Bonchev–Trinajstić information content (AvgIpc) is 2.46. The normalized spacial score (nSPS) is 14.8. The number of aromatic carboxylic acids is 1. The number of ether oxygens (including phenoxy) is 1. The van der Waals surface area contributed by atoms with Gasteiger partial charge in [-0.3, -0.25) is 20.2 Å². The van der Waals surface area contributed by atoms with Gasteiger partial charge in [0.15, 0.2) is 5.69 Å². The molecule has 112 valence electrons. The highest BCUT2D eigenvalue weighted by Crippen LogP contribution is 2.38. The first-order valence-electron chi connectivity index (χ1n) is 5.92. The van der Waals surface area contributed by atoms with Crippen LogP contribution in [0.5, 0.6) is 0 Å². The lowest BCUT2D eigenvalue weighted by Crippen LogP contribution is -2.37. The predicted octanol–water partition coefficient (Wildman–Crippen LogP) is -0.297. The van der Waals surface area contributed by atoms with Crippen molar-refractivity contribution in [3.63, 3.8) is 0 Å². The van der Waals surface area contributed by atoms with Gasteiger partial charge in [0.05, 0.1) is 29.0 Å². The third-order valence-corrected chi connectivity index (χ3v) is 3.03. The fourth-order valence-electron chi connectivity index (χ4n) is 2.11. The molecule has 21 heavy (non-hydrogen) atoms. The van der Waals surface area contributed by atoms with Gasteiger partial charge >= 0.3 is 0 Å². The van der Waals surface area contributed by atoms with Crippen LogP contribution in [0.2, 0.25) is 0 Å². The molecule has 1 aliphatic rings. The lowest BCUT2D eigenvalue weighted by molar-refractivity contribution is -0.392. The van der Waals surface area contributed by atoms with Gasteiger partial charge in [-0.15, -0.1) is 0 Å². The maximum Gasteiger partial charge on any atom is 0.300 e. The van der Waals surface area contributed by atoms with Crippen LogP contribution in [0.15, 0.2) is 12.1 Å². The smallest absolute Gasteiger partial charge is 0.300 e. The molecule has 1 aliphatic heterocycles. The molecule has 0 aliphatic carbocycles. The summed E-state index contributed by atoms with van der Waals surface area (Å²) in [6, 6.07) is 1.54. The molecule has 0 aromatic heterocycles. The molecule has 2 rings (SSSR count). The molecule has 1 aromatic carbocycles. The van der Waals surface area contributed by atoms with Gasteiger partial charge in [0, 0.05) is 30.8 Å². The monoisotopic (exact) mass is 296 g/mol. The number of carbonyl (C=O) groups excluding carboxylic acids is 1. The zero-order valence-corrected chi connectivity index (χ0v) is 10.7. The van der Waals surface area contributed by atoms with E-state index < -0.39 is 32.8 Å². The number of nitrogens with zero attached hydrogens (tertiary/aromatic N) is 3. The van der Waals surface area contributed by atoms with Gasteiger partial charge in [0.25, 0.3) is 11.4 Å². The zero-order valence-electron chi connectivity index (χ0n) is 10.7. The number of nitro benzene ring substituents is 2. The second-order valence-corrected chi connectivity index (χ2v) is 4.26. The summed E-state index contributed by atoms with van der Waals surface area (Å²) in [5.41, 5.74) is -2.08. The van der Waals surface area contributed by atoms with Crippen LogP contribution in [-0.4, -0.2) is 42.1 Å². The van der Waals surface area contributed by atoms with E-state index >= 15 is 0 Å². The minimum atomic E-state index is -1.71. The molecule has 0 amide bonds. The summed E-state index contributed by atoms with van der Waals surface area (Å²) in [5, 5.41) is 33.1. The van der Waals surface area contributed by atoms with Crippen molar-refractivity contribution in [1.29, 1.82) is 0 Å². The SMILES string of the molecule is O=C([O-])c1cc([N+](=O)[O-])c(N2CCOCC2)c([N+](=O)[O-])c1. The molecule has 0 saturated carbocycles. The van der Waals surface area contributed by atoms with Crippen LogP contribution in [0.3, 0.4) is 0 Å². The number of anilines is 1. The summed E-state index contributed by atoms with van der Waals surface area (Å²) in [7, 11) is 0. The van der Waals surface area contributed by atoms with Gasteiger partial charge in [-0.25, -0.2) is 0 Å². The first-order chi connectivity index (χ1) is 9.91. The standard InChI is InChI=1S/C11H11N3O7/c15-11(16)7-5-8(13(17)18)10(9(6-7)14(19)20)12-1-3-21-4-2-12/h5-6H,1-4H2,(H,15,16)/p-1. The topological polar surface area (TPSA) is 139 Å². The number of morpholine rings is 1. The maximum atomic E-state index is 11.1. The van der Waals surface area contributed by atoms with Crippen molar-refractivity contribution in [2.24, 2.45) is 0 Å². The molecule has 10 nitrogen and oxygen atoms in total. The highest BCUT2D eigenvalue weighted by molar-refractivity contribution is 5.91. The molecule has 0 N–H and O–H groups in total. The van der Waals surface area contributed by atoms with E-state index in [4.69, 9.17) is 4.74 Å². The summed E-state index contributed by atoms with van der Waals surface area (Å²) in [5.74, 6) is -1.71. The van der Waals surface area contributed by atoms with Crippen molar-refractivity contribution >= 4 is 23.0 Å². The van der Waals surface area contributed by atoms with Crippen LogP contribution in [0.25, 0.3) is 0 Å². The Hall–Kier alpha value is -2.75. The largest absolute Gasteiger partial charge is 0.545 e. The van der Waals surface area contributed by atoms with Crippen LogP contribution in [-0.2, 0) is 4.74 Å². The summed E-state index contributed by atoms with van der Waals surface area (Å²) < 4.78 is 5.10. The van der Waals surface area contributed by atoms with E-state index in [1.807, 2.05) is 0 Å². The van der Waals surface area contributed by atoms with Crippen LogP contribution in [0, 0.1) is 20.2 Å². The average molecular weight is 296 g/mol. The molecular formula is C11H10N3O7-. The van der Waals surface area contributed by atoms with Crippen LogP contribution in [0.1, 0.15) is 10.4 Å². The van der Waals surface area contributed by atoms with Gasteiger partial charge < -0.3 is 19.5 Å². The van der Waals surface area contributed by atoms with E-state index in [-0.39, 0.29) is 32.0 Å². The van der Waals surface area contributed by atoms with E-state index in [2.05, 4.69) is 0 Å². The number of hydrogen-bond donors (Lipinski definition) is 0. The van der Waals surface area contributed by atoms with Crippen LogP contribution >= 0.6 is 0 Å². The van der Waals surface area contributed by atoms with Crippen LogP contribution < -0.4 is 10.0 Å². The fourth-order valence-corrected chi connectivity index (χ4v) is 2.11. The van der Waals surface area contributed by atoms with Gasteiger partial charge in [-0.05, 0) is 0 Å².